The van der Waals surface area contributed by atoms with Gasteiger partial charge in [-0.15, -0.1) is 0 Å². The summed E-state index contributed by atoms with van der Waals surface area (Å²) in [5.74, 6) is 0. The number of fused-ring (bicyclic) bond motifs is 8. The van der Waals surface area contributed by atoms with Gasteiger partial charge in [-0.05, 0) is 75.5 Å². The molecule has 0 amide bonds. The van der Waals surface area contributed by atoms with Crippen molar-refractivity contribution in [2.45, 2.75) is 0 Å². The Morgan fingerprint density at radius 3 is 1.29 bits per heavy atom. The molecule has 0 aliphatic heterocycles. The van der Waals surface area contributed by atoms with Gasteiger partial charge >= 0.3 is 0 Å². The fourth-order valence-corrected chi connectivity index (χ4v) is 7.64. The molecular weight excluding hydrogens is 581 g/mol. The molecule has 2 aromatic heterocycles. The zero-order chi connectivity index (χ0) is 31.6. The third-order valence-electron chi connectivity index (χ3n) is 9.91. The monoisotopic (exact) mass is 610 g/mol. The summed E-state index contributed by atoms with van der Waals surface area (Å²) in [5.41, 5.74) is 12.0. The maximum Gasteiger partial charge on any atom is 0.0788 e. The second-order valence-electron chi connectivity index (χ2n) is 12.6. The Hall–Kier alpha value is -6.38. The summed E-state index contributed by atoms with van der Waals surface area (Å²) in [5, 5.41) is 7.53. The standard InChI is InChI=1S/C46H30N2/c1-2-10-31(11-3-1)33-20-24-37(25-21-33)47-43-16-8-6-14-39(43)41-28-29-42-40-15-7-9-17-44(40)48(46(42)45(41)47)38-26-22-34(23-27-38)36-19-18-32-12-4-5-13-35(32)30-36/h1-30H. The fourth-order valence-electron chi connectivity index (χ4n) is 7.64. The van der Waals surface area contributed by atoms with E-state index in [4.69, 9.17) is 0 Å². The van der Waals surface area contributed by atoms with Crippen molar-refractivity contribution in [1.29, 1.82) is 0 Å². The van der Waals surface area contributed by atoms with E-state index in [9.17, 15) is 0 Å². The molecule has 0 spiro atoms. The normalized spacial score (nSPS) is 11.8. The molecule has 0 saturated heterocycles. The van der Waals surface area contributed by atoms with Crippen molar-refractivity contribution in [2.75, 3.05) is 0 Å². The molecule has 0 bridgehead atoms. The highest BCUT2D eigenvalue weighted by Crippen LogP contribution is 2.42. The van der Waals surface area contributed by atoms with E-state index in [2.05, 4.69) is 191 Å². The van der Waals surface area contributed by atoms with Crippen molar-refractivity contribution in [1.82, 2.24) is 9.13 Å². The van der Waals surface area contributed by atoms with E-state index in [1.54, 1.807) is 0 Å². The van der Waals surface area contributed by atoms with Crippen molar-refractivity contribution in [3.63, 3.8) is 0 Å². The van der Waals surface area contributed by atoms with Gasteiger partial charge in [-0.25, -0.2) is 0 Å². The molecule has 0 N–H and O–H groups in total. The Bertz CT molecular complexity index is 2800. The average Bonchev–Trinajstić information content (AvgIpc) is 3.68. The van der Waals surface area contributed by atoms with Gasteiger partial charge in [-0.1, -0.05) is 140 Å². The Morgan fingerprint density at radius 2 is 0.708 bits per heavy atom. The van der Waals surface area contributed by atoms with E-state index in [0.29, 0.717) is 0 Å². The van der Waals surface area contributed by atoms with Crippen molar-refractivity contribution >= 4 is 54.4 Å². The zero-order valence-electron chi connectivity index (χ0n) is 26.2. The minimum absolute atomic E-state index is 1.15. The summed E-state index contributed by atoms with van der Waals surface area (Å²) >= 11 is 0. The summed E-state index contributed by atoms with van der Waals surface area (Å²) in [6.07, 6.45) is 0. The predicted molar refractivity (Wildman–Crippen MR) is 203 cm³/mol. The Kier molecular flexibility index (Phi) is 5.91. The van der Waals surface area contributed by atoms with Crippen LogP contribution in [0.1, 0.15) is 0 Å². The first kappa shape index (κ1) is 26.8. The Balaban J connectivity index is 1.23. The lowest BCUT2D eigenvalue weighted by molar-refractivity contribution is 1.15. The van der Waals surface area contributed by atoms with Gasteiger partial charge in [-0.3, -0.25) is 0 Å². The highest BCUT2D eigenvalue weighted by atomic mass is 15.0. The van der Waals surface area contributed by atoms with Gasteiger partial charge in [0.15, 0.2) is 0 Å². The van der Waals surface area contributed by atoms with E-state index in [0.717, 1.165) is 11.4 Å². The first-order valence-electron chi connectivity index (χ1n) is 16.5. The van der Waals surface area contributed by atoms with Crippen LogP contribution in [0.25, 0.3) is 88.0 Å². The second kappa shape index (κ2) is 10.6. The van der Waals surface area contributed by atoms with Crippen molar-refractivity contribution in [2.24, 2.45) is 0 Å². The molecule has 2 heteroatoms. The molecule has 0 radical (unpaired) electrons. The Labute approximate surface area is 278 Å². The number of aromatic nitrogens is 2. The summed E-state index contributed by atoms with van der Waals surface area (Å²) < 4.78 is 4.92. The van der Waals surface area contributed by atoms with E-state index in [1.165, 1.54) is 76.6 Å². The summed E-state index contributed by atoms with van der Waals surface area (Å²) in [4.78, 5) is 0. The third-order valence-corrected chi connectivity index (χ3v) is 9.91. The molecule has 2 nitrogen and oxygen atoms in total. The molecule has 10 rings (SSSR count). The predicted octanol–water partition coefficient (Wildman–Crippen LogP) is 12.4. The summed E-state index contributed by atoms with van der Waals surface area (Å²) in [6.45, 7) is 0. The first-order valence-corrected chi connectivity index (χ1v) is 16.5. The van der Waals surface area contributed by atoms with Gasteiger partial charge in [0.25, 0.3) is 0 Å². The molecule has 10 aromatic rings. The van der Waals surface area contributed by atoms with Gasteiger partial charge in [0.05, 0.1) is 22.1 Å². The highest BCUT2D eigenvalue weighted by molar-refractivity contribution is 6.23. The molecule has 0 saturated carbocycles. The number of hydrogen-bond acceptors (Lipinski definition) is 0. The van der Waals surface area contributed by atoms with Gasteiger partial charge < -0.3 is 9.13 Å². The minimum Gasteiger partial charge on any atom is -0.307 e. The Morgan fingerprint density at radius 1 is 0.271 bits per heavy atom. The molecule has 0 aliphatic rings. The quantitative estimate of drug-likeness (QED) is 0.188. The van der Waals surface area contributed by atoms with Crippen LogP contribution in [0.15, 0.2) is 182 Å². The van der Waals surface area contributed by atoms with Crippen molar-refractivity contribution in [3.05, 3.63) is 182 Å². The molecule has 2 heterocycles. The summed E-state index contributed by atoms with van der Waals surface area (Å²) in [7, 11) is 0. The molecule has 224 valence electrons. The third kappa shape index (κ3) is 4.06. The number of rotatable bonds is 4. The number of hydrogen-bond donors (Lipinski definition) is 0. The van der Waals surface area contributed by atoms with E-state index >= 15 is 0 Å². The van der Waals surface area contributed by atoms with Gasteiger partial charge in [0, 0.05) is 32.9 Å². The lowest BCUT2D eigenvalue weighted by atomic mass is 10.0. The summed E-state index contributed by atoms with van der Waals surface area (Å²) in [6, 6.07) is 66.2. The zero-order valence-corrected chi connectivity index (χ0v) is 26.2. The van der Waals surface area contributed by atoms with E-state index in [-0.39, 0.29) is 0 Å². The molecule has 8 aromatic carbocycles. The molecule has 0 unspecified atom stereocenters. The number of nitrogens with zero attached hydrogens (tertiary/aromatic N) is 2. The molecule has 48 heavy (non-hydrogen) atoms. The SMILES string of the molecule is c1ccc(-c2ccc(-n3c4ccccc4c4ccc5c6ccccc6n(-c6ccc(-c7ccc8ccccc8c7)cc6)c5c43)cc2)cc1. The molecule has 0 atom stereocenters. The van der Waals surface area contributed by atoms with Gasteiger partial charge in [0.1, 0.15) is 0 Å². The van der Waals surface area contributed by atoms with Crippen LogP contribution in [0.4, 0.5) is 0 Å². The molecule has 0 fully saturated rings. The van der Waals surface area contributed by atoms with Crippen LogP contribution in [-0.4, -0.2) is 9.13 Å². The van der Waals surface area contributed by atoms with Crippen LogP contribution in [0.2, 0.25) is 0 Å². The largest absolute Gasteiger partial charge is 0.307 e. The lowest BCUT2D eigenvalue weighted by Crippen LogP contribution is -1.98. The van der Waals surface area contributed by atoms with Crippen LogP contribution in [0.5, 0.6) is 0 Å². The number of para-hydroxylation sites is 2. The van der Waals surface area contributed by atoms with E-state index in [1.807, 2.05) is 0 Å². The van der Waals surface area contributed by atoms with Crippen LogP contribution >= 0.6 is 0 Å². The van der Waals surface area contributed by atoms with Crippen LogP contribution in [0.3, 0.4) is 0 Å². The maximum absolute atomic E-state index is 2.46. The van der Waals surface area contributed by atoms with E-state index < -0.39 is 0 Å². The van der Waals surface area contributed by atoms with Crippen molar-refractivity contribution in [3.8, 4) is 33.6 Å². The maximum atomic E-state index is 2.46. The fraction of sp³-hybridized carbons (Fsp3) is 0. The van der Waals surface area contributed by atoms with Crippen LogP contribution < -0.4 is 0 Å². The van der Waals surface area contributed by atoms with Crippen LogP contribution in [-0.2, 0) is 0 Å². The molecular formula is C46H30N2. The highest BCUT2D eigenvalue weighted by Gasteiger charge is 2.21. The lowest BCUT2D eigenvalue weighted by Gasteiger charge is -2.14. The topological polar surface area (TPSA) is 9.86 Å². The number of benzene rings is 8. The minimum atomic E-state index is 1.15. The van der Waals surface area contributed by atoms with Gasteiger partial charge in [0.2, 0.25) is 0 Å². The first-order chi connectivity index (χ1) is 23.8. The average molecular weight is 611 g/mol. The smallest absolute Gasteiger partial charge is 0.0788 e. The van der Waals surface area contributed by atoms with Crippen LogP contribution in [0, 0.1) is 0 Å². The molecule has 0 aliphatic carbocycles. The van der Waals surface area contributed by atoms with Gasteiger partial charge in [-0.2, -0.15) is 0 Å². The second-order valence-corrected chi connectivity index (χ2v) is 12.6. The van der Waals surface area contributed by atoms with Crippen molar-refractivity contribution < 1.29 is 0 Å².